The van der Waals surface area contributed by atoms with Crippen LogP contribution in [0.1, 0.15) is 19.8 Å². The Labute approximate surface area is 89.4 Å². The van der Waals surface area contributed by atoms with Crippen molar-refractivity contribution < 1.29 is 14.7 Å². The van der Waals surface area contributed by atoms with Gasteiger partial charge < -0.3 is 15.3 Å². The van der Waals surface area contributed by atoms with Gasteiger partial charge in [-0.1, -0.05) is 6.92 Å². The molecule has 1 atom stereocenters. The third-order valence-electron chi connectivity index (χ3n) is 2.65. The molecule has 0 aromatic carbocycles. The van der Waals surface area contributed by atoms with Crippen molar-refractivity contribution in [2.45, 2.75) is 19.8 Å². The Morgan fingerprint density at radius 1 is 1.53 bits per heavy atom. The number of aliphatic carboxylic acids is 1. The molecule has 5 heteroatoms. The van der Waals surface area contributed by atoms with Gasteiger partial charge in [-0.2, -0.15) is 0 Å². The molecule has 15 heavy (non-hydrogen) atoms. The second-order valence-electron chi connectivity index (χ2n) is 3.80. The highest BCUT2D eigenvalue weighted by Gasteiger charge is 2.27. The van der Waals surface area contributed by atoms with Crippen molar-refractivity contribution in [3.63, 3.8) is 0 Å². The molecular weight excluding hydrogens is 196 g/mol. The van der Waals surface area contributed by atoms with Crippen LogP contribution in [0.4, 0.5) is 0 Å². The maximum Gasteiger partial charge on any atom is 0.308 e. The third-order valence-corrected chi connectivity index (χ3v) is 2.65. The Balaban J connectivity index is 2.41. The lowest BCUT2D eigenvalue weighted by atomic mass is 9.98. The van der Waals surface area contributed by atoms with Crippen LogP contribution < -0.4 is 5.32 Å². The van der Waals surface area contributed by atoms with E-state index in [4.69, 9.17) is 5.11 Å². The van der Waals surface area contributed by atoms with E-state index in [1.54, 1.807) is 4.90 Å². The molecule has 1 aliphatic heterocycles. The molecular formula is C10H18N2O3. The van der Waals surface area contributed by atoms with Crippen LogP contribution in [-0.4, -0.2) is 48.1 Å². The minimum Gasteiger partial charge on any atom is -0.481 e. The number of rotatable bonds is 4. The van der Waals surface area contributed by atoms with Gasteiger partial charge in [0.1, 0.15) is 0 Å². The first-order valence-corrected chi connectivity index (χ1v) is 5.36. The van der Waals surface area contributed by atoms with Crippen molar-refractivity contribution in [3.8, 4) is 0 Å². The lowest BCUT2D eigenvalue weighted by Gasteiger charge is -2.30. The number of carbonyl (C=O) groups is 2. The fourth-order valence-electron chi connectivity index (χ4n) is 1.75. The third kappa shape index (κ3) is 3.51. The molecule has 1 rings (SSSR count). The van der Waals surface area contributed by atoms with Crippen LogP contribution >= 0.6 is 0 Å². The average Bonchev–Trinajstić information content (AvgIpc) is 2.26. The Morgan fingerprint density at radius 3 is 2.87 bits per heavy atom. The number of carbonyl (C=O) groups excluding carboxylic acids is 1. The van der Waals surface area contributed by atoms with E-state index in [0.29, 0.717) is 26.1 Å². The summed E-state index contributed by atoms with van der Waals surface area (Å²) in [4.78, 5) is 24.0. The van der Waals surface area contributed by atoms with E-state index in [0.717, 1.165) is 13.0 Å². The van der Waals surface area contributed by atoms with Crippen molar-refractivity contribution >= 4 is 11.9 Å². The number of hydrogen-bond donors (Lipinski definition) is 2. The van der Waals surface area contributed by atoms with Crippen LogP contribution in [0.2, 0.25) is 0 Å². The van der Waals surface area contributed by atoms with E-state index < -0.39 is 5.97 Å². The van der Waals surface area contributed by atoms with Crippen molar-refractivity contribution in [2.24, 2.45) is 5.92 Å². The van der Waals surface area contributed by atoms with Crippen LogP contribution in [0.3, 0.4) is 0 Å². The average molecular weight is 214 g/mol. The van der Waals surface area contributed by atoms with Crippen molar-refractivity contribution in [1.29, 1.82) is 0 Å². The van der Waals surface area contributed by atoms with Crippen LogP contribution in [0.5, 0.6) is 0 Å². The molecule has 0 aromatic rings. The standard InChI is InChI=1S/C10H18N2O3/c1-2-11-6-9(13)12-5-3-4-8(7-12)10(14)15/h8,11H,2-7H2,1H3,(H,14,15). The predicted molar refractivity (Wildman–Crippen MR) is 55.5 cm³/mol. The fourth-order valence-corrected chi connectivity index (χ4v) is 1.75. The summed E-state index contributed by atoms with van der Waals surface area (Å²) in [6.07, 6.45) is 1.47. The smallest absolute Gasteiger partial charge is 0.308 e. The Morgan fingerprint density at radius 2 is 2.27 bits per heavy atom. The summed E-state index contributed by atoms with van der Waals surface area (Å²) in [6, 6.07) is 0. The highest BCUT2D eigenvalue weighted by molar-refractivity contribution is 5.79. The molecule has 0 radical (unpaired) electrons. The summed E-state index contributed by atoms with van der Waals surface area (Å²) in [5.74, 6) is -1.18. The van der Waals surface area contributed by atoms with E-state index >= 15 is 0 Å². The number of carboxylic acids is 1. The van der Waals surface area contributed by atoms with Crippen LogP contribution in [-0.2, 0) is 9.59 Å². The summed E-state index contributed by atoms with van der Waals surface area (Å²) in [5.41, 5.74) is 0. The molecule has 0 saturated carbocycles. The van der Waals surface area contributed by atoms with Gasteiger partial charge in [0.25, 0.3) is 0 Å². The molecule has 1 saturated heterocycles. The van der Waals surface area contributed by atoms with E-state index in [9.17, 15) is 9.59 Å². The van der Waals surface area contributed by atoms with Crippen LogP contribution in [0, 0.1) is 5.92 Å². The van der Waals surface area contributed by atoms with Gasteiger partial charge in [-0.3, -0.25) is 9.59 Å². The van der Waals surface area contributed by atoms with Gasteiger partial charge >= 0.3 is 5.97 Å². The zero-order chi connectivity index (χ0) is 11.3. The maximum absolute atomic E-state index is 11.6. The topological polar surface area (TPSA) is 69.6 Å². The Hall–Kier alpha value is -1.10. The molecule has 1 heterocycles. The monoisotopic (exact) mass is 214 g/mol. The SMILES string of the molecule is CCNCC(=O)N1CCCC(C(=O)O)C1. The molecule has 86 valence electrons. The fraction of sp³-hybridized carbons (Fsp3) is 0.800. The van der Waals surface area contributed by atoms with E-state index in [1.807, 2.05) is 6.92 Å². The van der Waals surface area contributed by atoms with Crippen LogP contribution in [0.15, 0.2) is 0 Å². The Bertz CT molecular complexity index is 243. The van der Waals surface area contributed by atoms with Gasteiger partial charge in [-0.25, -0.2) is 0 Å². The lowest BCUT2D eigenvalue weighted by Crippen LogP contribution is -2.45. The number of carboxylic acid groups (broad SMARTS) is 1. The largest absolute Gasteiger partial charge is 0.481 e. The van der Waals surface area contributed by atoms with E-state index in [-0.39, 0.29) is 11.8 Å². The van der Waals surface area contributed by atoms with Crippen molar-refractivity contribution in [1.82, 2.24) is 10.2 Å². The van der Waals surface area contributed by atoms with Crippen LogP contribution in [0.25, 0.3) is 0 Å². The summed E-state index contributed by atoms with van der Waals surface area (Å²) in [6.45, 7) is 4.04. The van der Waals surface area contributed by atoms with Gasteiger partial charge in [0.05, 0.1) is 12.5 Å². The molecule has 1 aliphatic rings. The molecule has 1 unspecified atom stereocenters. The molecule has 5 nitrogen and oxygen atoms in total. The molecule has 2 N–H and O–H groups in total. The summed E-state index contributed by atoms with van der Waals surface area (Å²) in [7, 11) is 0. The molecule has 0 spiro atoms. The van der Waals surface area contributed by atoms with Crippen molar-refractivity contribution in [2.75, 3.05) is 26.2 Å². The minimum atomic E-state index is -0.795. The number of likely N-dealkylation sites (tertiary alicyclic amines) is 1. The normalized spacial score (nSPS) is 21.4. The number of nitrogens with zero attached hydrogens (tertiary/aromatic N) is 1. The summed E-state index contributed by atoms with van der Waals surface area (Å²) >= 11 is 0. The first kappa shape index (κ1) is 12.0. The Kier molecular flexibility index (Phi) is 4.55. The lowest BCUT2D eigenvalue weighted by molar-refractivity contribution is -0.145. The molecule has 0 aliphatic carbocycles. The maximum atomic E-state index is 11.6. The number of nitrogens with one attached hydrogen (secondary N) is 1. The van der Waals surface area contributed by atoms with Gasteiger partial charge in [0, 0.05) is 13.1 Å². The number of piperidine rings is 1. The van der Waals surface area contributed by atoms with E-state index in [1.165, 1.54) is 0 Å². The molecule has 0 bridgehead atoms. The first-order valence-electron chi connectivity index (χ1n) is 5.36. The van der Waals surface area contributed by atoms with E-state index in [2.05, 4.69) is 5.32 Å². The first-order chi connectivity index (χ1) is 7.15. The summed E-state index contributed by atoms with van der Waals surface area (Å²) in [5, 5.41) is 11.8. The molecule has 1 amide bonds. The zero-order valence-electron chi connectivity index (χ0n) is 9.03. The van der Waals surface area contributed by atoms with Gasteiger partial charge in [0.15, 0.2) is 0 Å². The highest BCUT2D eigenvalue weighted by Crippen LogP contribution is 2.16. The van der Waals surface area contributed by atoms with Gasteiger partial charge in [0.2, 0.25) is 5.91 Å². The summed E-state index contributed by atoms with van der Waals surface area (Å²) < 4.78 is 0. The molecule has 1 fully saturated rings. The minimum absolute atomic E-state index is 0.00259. The van der Waals surface area contributed by atoms with Gasteiger partial charge in [-0.15, -0.1) is 0 Å². The van der Waals surface area contributed by atoms with Crippen molar-refractivity contribution in [3.05, 3.63) is 0 Å². The number of amides is 1. The zero-order valence-corrected chi connectivity index (χ0v) is 9.03. The van der Waals surface area contributed by atoms with Gasteiger partial charge in [-0.05, 0) is 19.4 Å². The predicted octanol–water partition coefficient (Wildman–Crippen LogP) is -0.0809. The second kappa shape index (κ2) is 5.70. The second-order valence-corrected chi connectivity index (χ2v) is 3.80. The molecule has 0 aromatic heterocycles. The number of hydrogen-bond acceptors (Lipinski definition) is 3. The number of likely N-dealkylation sites (N-methyl/N-ethyl adjacent to an activating group) is 1. The highest BCUT2D eigenvalue weighted by atomic mass is 16.4. The quantitative estimate of drug-likeness (QED) is 0.686.